The zero-order chi connectivity index (χ0) is 14.8. The molecule has 0 heterocycles. The fourth-order valence-electron chi connectivity index (χ4n) is 1.52. The first-order valence-corrected chi connectivity index (χ1v) is 8.16. The molecule has 0 atom stereocenters. The number of sulfonamides is 1. The van der Waals surface area contributed by atoms with E-state index in [0.717, 1.165) is 19.4 Å². The minimum absolute atomic E-state index is 0.170. The fraction of sp³-hybridized carbons (Fsp3) is 0.500. The highest BCUT2D eigenvalue weighted by Crippen LogP contribution is 2.09. The molecule has 20 heavy (non-hydrogen) atoms. The molecular formula is C14H20N2O3S. The number of benzene rings is 1. The number of ether oxygens (including phenoxy) is 1. The molecular weight excluding hydrogens is 276 g/mol. The van der Waals surface area contributed by atoms with Gasteiger partial charge in [-0.25, -0.2) is 13.1 Å². The van der Waals surface area contributed by atoms with E-state index in [4.69, 9.17) is 10.00 Å². The van der Waals surface area contributed by atoms with Crippen molar-refractivity contribution in [1.29, 1.82) is 5.26 Å². The Kier molecular flexibility index (Phi) is 7.23. The Balaban J connectivity index is 2.36. The molecule has 6 heteroatoms. The Morgan fingerprint density at radius 1 is 1.20 bits per heavy atom. The van der Waals surface area contributed by atoms with Crippen molar-refractivity contribution < 1.29 is 13.2 Å². The van der Waals surface area contributed by atoms with Crippen LogP contribution in [-0.2, 0) is 14.8 Å². The SMILES string of the molecule is CCCCOCCCNS(=O)(=O)c1ccc(C#N)cc1. The second-order valence-electron chi connectivity index (χ2n) is 4.35. The maximum absolute atomic E-state index is 11.9. The first-order valence-electron chi connectivity index (χ1n) is 6.67. The summed E-state index contributed by atoms with van der Waals surface area (Å²) in [4.78, 5) is 0.170. The van der Waals surface area contributed by atoms with Crippen molar-refractivity contribution in [3.63, 3.8) is 0 Å². The van der Waals surface area contributed by atoms with E-state index in [-0.39, 0.29) is 4.90 Å². The normalized spacial score (nSPS) is 11.2. The van der Waals surface area contributed by atoms with Gasteiger partial charge in [-0.05, 0) is 37.1 Å². The molecule has 0 spiro atoms. The smallest absolute Gasteiger partial charge is 0.240 e. The second kappa shape index (κ2) is 8.69. The molecule has 0 aromatic heterocycles. The molecule has 0 aliphatic carbocycles. The lowest BCUT2D eigenvalue weighted by molar-refractivity contribution is 0.130. The summed E-state index contributed by atoms with van der Waals surface area (Å²) in [5.74, 6) is 0. The summed E-state index contributed by atoms with van der Waals surface area (Å²) < 4.78 is 31.7. The van der Waals surface area contributed by atoms with Crippen molar-refractivity contribution in [3.8, 4) is 6.07 Å². The van der Waals surface area contributed by atoms with E-state index in [1.807, 2.05) is 6.07 Å². The summed E-state index contributed by atoms with van der Waals surface area (Å²) in [6.45, 7) is 3.71. The predicted octanol–water partition coefficient (Wildman–Crippen LogP) is 2.04. The molecule has 0 aliphatic rings. The van der Waals surface area contributed by atoms with Crippen molar-refractivity contribution in [2.75, 3.05) is 19.8 Å². The number of nitriles is 1. The van der Waals surface area contributed by atoms with Gasteiger partial charge in [-0.15, -0.1) is 0 Å². The average molecular weight is 296 g/mol. The van der Waals surface area contributed by atoms with E-state index >= 15 is 0 Å². The van der Waals surface area contributed by atoms with Crippen LogP contribution in [0.3, 0.4) is 0 Å². The van der Waals surface area contributed by atoms with Crippen LogP contribution in [0.25, 0.3) is 0 Å². The van der Waals surface area contributed by atoms with Gasteiger partial charge in [0, 0.05) is 19.8 Å². The van der Waals surface area contributed by atoms with Gasteiger partial charge in [0.1, 0.15) is 0 Å². The van der Waals surface area contributed by atoms with Gasteiger partial charge in [0.15, 0.2) is 0 Å². The van der Waals surface area contributed by atoms with Gasteiger partial charge in [0.05, 0.1) is 16.5 Å². The van der Waals surface area contributed by atoms with Crippen LogP contribution < -0.4 is 4.72 Å². The summed E-state index contributed by atoms with van der Waals surface area (Å²) in [6, 6.07) is 7.79. The van der Waals surface area contributed by atoms with Crippen molar-refractivity contribution in [2.24, 2.45) is 0 Å². The number of unbranched alkanes of at least 4 members (excludes halogenated alkanes) is 1. The largest absolute Gasteiger partial charge is 0.381 e. The first-order chi connectivity index (χ1) is 9.60. The molecule has 1 rings (SSSR count). The Morgan fingerprint density at radius 2 is 1.85 bits per heavy atom. The molecule has 0 saturated heterocycles. The van der Waals surface area contributed by atoms with Gasteiger partial charge in [-0.2, -0.15) is 5.26 Å². The molecule has 1 aromatic carbocycles. The Labute approximate surface area is 120 Å². The highest BCUT2D eigenvalue weighted by Gasteiger charge is 2.12. The zero-order valence-corrected chi connectivity index (χ0v) is 12.4. The van der Waals surface area contributed by atoms with E-state index in [1.54, 1.807) is 0 Å². The maximum atomic E-state index is 11.9. The molecule has 1 aromatic rings. The molecule has 110 valence electrons. The van der Waals surface area contributed by atoms with Crippen molar-refractivity contribution in [2.45, 2.75) is 31.1 Å². The summed E-state index contributed by atoms with van der Waals surface area (Å²) in [5, 5.41) is 8.66. The van der Waals surface area contributed by atoms with Gasteiger partial charge < -0.3 is 4.74 Å². The number of nitrogens with one attached hydrogen (secondary N) is 1. The Hall–Kier alpha value is -1.42. The quantitative estimate of drug-likeness (QED) is 0.707. The van der Waals surface area contributed by atoms with E-state index in [2.05, 4.69) is 11.6 Å². The third-order valence-corrected chi connectivity index (χ3v) is 4.17. The summed E-state index contributed by atoms with van der Waals surface area (Å²) in [7, 11) is -3.50. The monoisotopic (exact) mass is 296 g/mol. The zero-order valence-electron chi connectivity index (χ0n) is 11.6. The summed E-state index contributed by atoms with van der Waals surface area (Å²) in [5.41, 5.74) is 0.438. The van der Waals surface area contributed by atoms with Crippen molar-refractivity contribution in [3.05, 3.63) is 29.8 Å². The van der Waals surface area contributed by atoms with Crippen LogP contribution in [0.2, 0.25) is 0 Å². The Morgan fingerprint density at radius 3 is 2.45 bits per heavy atom. The van der Waals surface area contributed by atoms with Crippen LogP contribution >= 0.6 is 0 Å². The molecule has 0 radical (unpaired) electrons. The highest BCUT2D eigenvalue weighted by molar-refractivity contribution is 7.89. The van der Waals surface area contributed by atoms with E-state index < -0.39 is 10.0 Å². The molecule has 0 fully saturated rings. The highest BCUT2D eigenvalue weighted by atomic mass is 32.2. The topological polar surface area (TPSA) is 79.2 Å². The van der Waals surface area contributed by atoms with Crippen molar-refractivity contribution in [1.82, 2.24) is 4.72 Å². The summed E-state index contributed by atoms with van der Waals surface area (Å²) >= 11 is 0. The molecule has 1 N–H and O–H groups in total. The second-order valence-corrected chi connectivity index (χ2v) is 6.12. The van der Waals surface area contributed by atoms with Crippen LogP contribution in [0.5, 0.6) is 0 Å². The van der Waals surface area contributed by atoms with Crippen LogP contribution in [0.15, 0.2) is 29.2 Å². The lowest BCUT2D eigenvalue weighted by Crippen LogP contribution is -2.25. The molecule has 0 amide bonds. The van der Waals surface area contributed by atoms with E-state index in [0.29, 0.717) is 25.1 Å². The molecule has 5 nitrogen and oxygen atoms in total. The van der Waals surface area contributed by atoms with Gasteiger partial charge in [-0.3, -0.25) is 0 Å². The molecule has 0 saturated carbocycles. The Bertz CT molecular complexity index is 533. The van der Waals surface area contributed by atoms with E-state index in [9.17, 15) is 8.42 Å². The van der Waals surface area contributed by atoms with E-state index in [1.165, 1.54) is 24.3 Å². The first kappa shape index (κ1) is 16.6. The average Bonchev–Trinajstić information content (AvgIpc) is 2.46. The minimum atomic E-state index is -3.50. The van der Waals surface area contributed by atoms with Gasteiger partial charge in [0.25, 0.3) is 0 Å². The minimum Gasteiger partial charge on any atom is -0.381 e. The van der Waals surface area contributed by atoms with Crippen LogP contribution in [0, 0.1) is 11.3 Å². The third kappa shape index (κ3) is 5.70. The number of rotatable bonds is 9. The molecule has 0 bridgehead atoms. The standard InChI is InChI=1S/C14H20N2O3S/c1-2-3-10-19-11-4-9-16-20(17,18)14-7-5-13(12-15)6-8-14/h5-8,16H,2-4,9-11H2,1H3. The summed E-state index contributed by atoms with van der Waals surface area (Å²) in [6.07, 6.45) is 2.75. The van der Waals surface area contributed by atoms with Gasteiger partial charge in [-0.1, -0.05) is 13.3 Å². The van der Waals surface area contributed by atoms with Crippen LogP contribution in [0.1, 0.15) is 31.7 Å². The number of hydrogen-bond donors (Lipinski definition) is 1. The van der Waals surface area contributed by atoms with Crippen molar-refractivity contribution >= 4 is 10.0 Å². The molecule has 0 unspecified atom stereocenters. The third-order valence-electron chi connectivity index (χ3n) is 2.69. The van der Waals surface area contributed by atoms with Crippen LogP contribution in [0.4, 0.5) is 0 Å². The van der Waals surface area contributed by atoms with Crippen LogP contribution in [-0.4, -0.2) is 28.2 Å². The predicted molar refractivity (Wildman–Crippen MR) is 76.7 cm³/mol. The number of hydrogen-bond acceptors (Lipinski definition) is 4. The lowest BCUT2D eigenvalue weighted by atomic mass is 10.2. The fourth-order valence-corrected chi connectivity index (χ4v) is 2.60. The number of nitrogens with zero attached hydrogens (tertiary/aromatic N) is 1. The van der Waals surface area contributed by atoms with Gasteiger partial charge >= 0.3 is 0 Å². The molecule has 0 aliphatic heterocycles. The maximum Gasteiger partial charge on any atom is 0.240 e. The lowest BCUT2D eigenvalue weighted by Gasteiger charge is -2.07. The van der Waals surface area contributed by atoms with Gasteiger partial charge in [0.2, 0.25) is 10.0 Å².